The number of amidine groups is 1. The molecule has 0 unspecified atom stereocenters. The Kier molecular flexibility index (Phi) is 6.76. The maximum atomic E-state index is 13.1. The molecule has 5 nitrogen and oxygen atoms in total. The summed E-state index contributed by atoms with van der Waals surface area (Å²) in [6, 6.07) is 18.1. The number of rotatable bonds is 5. The molecule has 1 aliphatic heterocycles. The lowest BCUT2D eigenvalue weighted by molar-refractivity contribution is -0.122. The summed E-state index contributed by atoms with van der Waals surface area (Å²) in [6.45, 7) is 6.71. The normalized spacial score (nSPS) is 16.4. The average molecular weight is 557 g/mol. The summed E-state index contributed by atoms with van der Waals surface area (Å²) in [5.74, 6) is 0.768. The number of methoxy groups -OCH3 is 1. The van der Waals surface area contributed by atoms with Crippen LogP contribution in [0.2, 0.25) is 0 Å². The predicted octanol–water partition coefficient (Wildman–Crippen LogP) is 6.33. The number of carbonyl (C=O) groups excluding carboxylic acids is 1. The summed E-state index contributed by atoms with van der Waals surface area (Å²) in [6.07, 6.45) is 1.98. The maximum absolute atomic E-state index is 13.1. The molecule has 2 aromatic carbocycles. The van der Waals surface area contributed by atoms with Gasteiger partial charge in [-0.2, -0.15) is 0 Å². The maximum Gasteiger partial charge on any atom is 0.266 e. The topological polar surface area (TPSA) is 46.8 Å². The summed E-state index contributed by atoms with van der Waals surface area (Å²) in [4.78, 5) is 20.2. The van der Waals surface area contributed by atoms with E-state index in [2.05, 4.69) is 71.3 Å². The minimum absolute atomic E-state index is 0.0103. The Bertz CT molecular complexity index is 1210. The average Bonchev–Trinajstić information content (AvgIpc) is 3.24. The van der Waals surface area contributed by atoms with E-state index in [1.54, 1.807) is 12.0 Å². The molecule has 4 rings (SSSR count). The predicted molar refractivity (Wildman–Crippen MR) is 141 cm³/mol. The second-order valence-corrected chi connectivity index (χ2v) is 9.65. The molecule has 1 saturated heterocycles. The molecule has 1 fully saturated rings. The Labute approximate surface area is 206 Å². The van der Waals surface area contributed by atoms with Crippen molar-refractivity contribution in [3.05, 3.63) is 80.0 Å². The Hall–Kier alpha value is -2.52. The largest absolute Gasteiger partial charge is 0.497 e. The highest BCUT2D eigenvalue weighted by Gasteiger charge is 2.32. The van der Waals surface area contributed by atoms with E-state index in [0.717, 1.165) is 34.1 Å². The number of nitrogens with zero attached hydrogens (tertiary/aromatic N) is 3. The number of amides is 1. The number of aliphatic imine (C=N–C) groups is 1. The number of aromatic nitrogens is 1. The number of hydrogen-bond acceptors (Lipinski definition) is 4. The Balaban J connectivity index is 1.67. The van der Waals surface area contributed by atoms with Gasteiger partial charge in [0.2, 0.25) is 0 Å². The van der Waals surface area contributed by atoms with Crippen molar-refractivity contribution in [1.29, 1.82) is 0 Å². The van der Waals surface area contributed by atoms with Crippen LogP contribution < -0.4 is 4.74 Å². The van der Waals surface area contributed by atoms with Crippen molar-refractivity contribution in [3.63, 3.8) is 0 Å². The van der Waals surface area contributed by atoms with E-state index in [1.807, 2.05) is 37.3 Å². The van der Waals surface area contributed by atoms with Crippen LogP contribution in [0, 0.1) is 17.4 Å². The molecule has 0 spiro atoms. The van der Waals surface area contributed by atoms with Crippen LogP contribution in [0.1, 0.15) is 23.9 Å². The molecule has 0 N–H and O–H groups in total. The molecule has 164 valence electrons. The highest BCUT2D eigenvalue weighted by molar-refractivity contribution is 14.1. The van der Waals surface area contributed by atoms with Gasteiger partial charge in [0.05, 0.1) is 17.7 Å². The van der Waals surface area contributed by atoms with Crippen LogP contribution in [0.4, 0.5) is 5.69 Å². The minimum Gasteiger partial charge on any atom is -0.497 e. The Morgan fingerprint density at radius 1 is 1.09 bits per heavy atom. The van der Waals surface area contributed by atoms with E-state index >= 15 is 0 Å². The number of halogens is 1. The third kappa shape index (κ3) is 4.49. The number of benzene rings is 2. The Morgan fingerprint density at radius 3 is 2.41 bits per heavy atom. The highest BCUT2D eigenvalue weighted by Crippen LogP contribution is 2.35. The molecule has 7 heteroatoms. The molecule has 0 radical (unpaired) electrons. The fourth-order valence-corrected chi connectivity index (χ4v) is 5.11. The molecule has 32 heavy (non-hydrogen) atoms. The molecule has 0 saturated carbocycles. The standard InChI is InChI=1S/C25H24IN3O2S/c1-5-28-24(30)23(32-25(28)27-20-8-12-22(31-4)13-9-20)15-18-14-16(2)29(17(18)3)21-10-6-19(26)7-11-21/h6-15H,5H2,1-4H3/b23-15-,27-25?. The van der Waals surface area contributed by atoms with Gasteiger partial charge in [-0.25, -0.2) is 4.99 Å². The van der Waals surface area contributed by atoms with Gasteiger partial charge < -0.3 is 9.30 Å². The van der Waals surface area contributed by atoms with Gasteiger partial charge in [0.25, 0.3) is 5.91 Å². The van der Waals surface area contributed by atoms with Crippen molar-refractivity contribution in [2.45, 2.75) is 20.8 Å². The lowest BCUT2D eigenvalue weighted by Gasteiger charge is -2.12. The smallest absolute Gasteiger partial charge is 0.266 e. The molecule has 1 amide bonds. The van der Waals surface area contributed by atoms with Gasteiger partial charge in [-0.15, -0.1) is 0 Å². The zero-order valence-corrected chi connectivity index (χ0v) is 21.4. The van der Waals surface area contributed by atoms with Crippen molar-refractivity contribution >= 4 is 57.2 Å². The molecule has 1 aliphatic rings. The van der Waals surface area contributed by atoms with Crippen LogP contribution in [-0.2, 0) is 4.79 Å². The van der Waals surface area contributed by atoms with Gasteiger partial charge >= 0.3 is 0 Å². The van der Waals surface area contributed by atoms with Crippen LogP contribution in [0.3, 0.4) is 0 Å². The van der Waals surface area contributed by atoms with Gasteiger partial charge in [-0.3, -0.25) is 9.69 Å². The van der Waals surface area contributed by atoms with Gasteiger partial charge in [0.15, 0.2) is 5.17 Å². The zero-order valence-electron chi connectivity index (χ0n) is 18.4. The summed E-state index contributed by atoms with van der Waals surface area (Å²) in [7, 11) is 1.64. The summed E-state index contributed by atoms with van der Waals surface area (Å²) in [5.41, 5.74) is 5.18. The van der Waals surface area contributed by atoms with Crippen molar-refractivity contribution in [2.24, 2.45) is 4.99 Å². The number of aryl methyl sites for hydroxylation is 1. The number of hydrogen-bond donors (Lipinski definition) is 0. The number of ether oxygens (including phenoxy) is 1. The van der Waals surface area contributed by atoms with Crippen molar-refractivity contribution < 1.29 is 9.53 Å². The van der Waals surface area contributed by atoms with Gasteiger partial charge in [0.1, 0.15) is 5.75 Å². The molecule has 1 aromatic heterocycles. The van der Waals surface area contributed by atoms with Crippen LogP contribution in [0.25, 0.3) is 11.8 Å². The molecule has 0 atom stereocenters. The highest BCUT2D eigenvalue weighted by atomic mass is 127. The Morgan fingerprint density at radius 2 is 1.78 bits per heavy atom. The summed E-state index contributed by atoms with van der Waals surface area (Å²) in [5, 5.41) is 0.695. The third-order valence-corrected chi connectivity index (χ3v) is 7.07. The molecular formula is C25H24IN3O2S. The number of likely N-dealkylation sites (N-methyl/N-ethyl adjacent to an activating group) is 1. The van der Waals surface area contributed by atoms with Crippen molar-refractivity contribution in [2.75, 3.05) is 13.7 Å². The van der Waals surface area contributed by atoms with Gasteiger partial charge in [0, 0.05) is 27.2 Å². The second kappa shape index (κ2) is 9.54. The van der Waals surface area contributed by atoms with Crippen LogP contribution in [0.15, 0.2) is 64.5 Å². The van der Waals surface area contributed by atoms with E-state index in [4.69, 9.17) is 9.73 Å². The third-order valence-electron chi connectivity index (χ3n) is 5.34. The quantitative estimate of drug-likeness (QED) is 0.272. The van der Waals surface area contributed by atoms with E-state index in [0.29, 0.717) is 16.6 Å². The number of carbonyl (C=O) groups is 1. The van der Waals surface area contributed by atoms with E-state index < -0.39 is 0 Å². The van der Waals surface area contributed by atoms with Crippen molar-refractivity contribution in [3.8, 4) is 11.4 Å². The first-order valence-corrected chi connectivity index (χ1v) is 12.2. The van der Waals surface area contributed by atoms with Crippen LogP contribution >= 0.6 is 34.4 Å². The second-order valence-electron chi connectivity index (χ2n) is 7.39. The van der Waals surface area contributed by atoms with E-state index in [9.17, 15) is 4.79 Å². The van der Waals surface area contributed by atoms with Crippen molar-refractivity contribution in [1.82, 2.24) is 9.47 Å². The zero-order chi connectivity index (χ0) is 22.8. The van der Waals surface area contributed by atoms with Crippen LogP contribution in [0.5, 0.6) is 5.75 Å². The monoisotopic (exact) mass is 557 g/mol. The van der Waals surface area contributed by atoms with Gasteiger partial charge in [-0.1, -0.05) is 0 Å². The first kappa shape index (κ1) is 22.7. The molecule has 0 bridgehead atoms. The summed E-state index contributed by atoms with van der Waals surface area (Å²) < 4.78 is 8.63. The van der Waals surface area contributed by atoms with E-state index in [-0.39, 0.29) is 5.91 Å². The number of thioether (sulfide) groups is 1. The SMILES string of the molecule is CCN1C(=O)/C(=C/c2cc(C)n(-c3ccc(I)cc3)c2C)SC1=Nc1ccc(OC)cc1. The minimum atomic E-state index is -0.0103. The lowest BCUT2D eigenvalue weighted by Crippen LogP contribution is -2.28. The molecular weight excluding hydrogens is 533 g/mol. The fourth-order valence-electron chi connectivity index (χ4n) is 3.70. The van der Waals surface area contributed by atoms with Gasteiger partial charge in [-0.05, 0) is 121 Å². The molecule has 3 aromatic rings. The fraction of sp³-hybridized carbons (Fsp3) is 0.200. The lowest BCUT2D eigenvalue weighted by atomic mass is 10.2. The first-order chi connectivity index (χ1) is 15.4. The van der Waals surface area contributed by atoms with E-state index in [1.165, 1.54) is 15.3 Å². The van der Waals surface area contributed by atoms with Crippen LogP contribution in [-0.4, -0.2) is 34.2 Å². The molecule has 0 aliphatic carbocycles. The summed E-state index contributed by atoms with van der Waals surface area (Å²) >= 11 is 3.73. The molecule has 2 heterocycles. The first-order valence-electron chi connectivity index (χ1n) is 10.3.